The summed E-state index contributed by atoms with van der Waals surface area (Å²) in [6, 6.07) is 3.61. The van der Waals surface area contributed by atoms with Gasteiger partial charge in [-0.15, -0.1) is 6.04 Å². The fourth-order valence-corrected chi connectivity index (χ4v) is 5.37. The molecule has 1 aliphatic rings. The summed E-state index contributed by atoms with van der Waals surface area (Å²) in [6.07, 6.45) is 3.44. The van der Waals surface area contributed by atoms with Crippen LogP contribution in [0.1, 0.15) is 107 Å². The van der Waals surface area contributed by atoms with Gasteiger partial charge < -0.3 is 17.9 Å². The van der Waals surface area contributed by atoms with Crippen LogP contribution in [-0.2, 0) is 33.1 Å². The summed E-state index contributed by atoms with van der Waals surface area (Å²) < 4.78 is 30.1. The van der Waals surface area contributed by atoms with Crippen molar-refractivity contribution in [3.05, 3.63) is 52.3 Å². The van der Waals surface area contributed by atoms with Crippen LogP contribution in [0.3, 0.4) is 0 Å². The zero-order chi connectivity index (χ0) is 22.4. The van der Waals surface area contributed by atoms with E-state index in [2.05, 4.69) is 68.1 Å². The van der Waals surface area contributed by atoms with Gasteiger partial charge in [0.15, 0.2) is 0 Å². The van der Waals surface area contributed by atoms with E-state index in [0.29, 0.717) is 12.3 Å². The number of rotatable bonds is 7. The van der Waals surface area contributed by atoms with Gasteiger partial charge in [0.25, 0.3) is 0 Å². The Labute approximate surface area is 199 Å². The fourth-order valence-electron chi connectivity index (χ4n) is 3.94. The molecule has 2 atom stereocenters. The van der Waals surface area contributed by atoms with Crippen molar-refractivity contribution in [3.8, 4) is 0 Å². The van der Waals surface area contributed by atoms with E-state index in [1.807, 2.05) is 17.3 Å². The van der Waals surface area contributed by atoms with Crippen molar-refractivity contribution < 1.29 is 25.7 Å². The third-order valence-corrected chi connectivity index (χ3v) is 6.85. The molecule has 1 aliphatic carbocycles. The number of nitrogens with one attached hydrogen (secondary N) is 1. The molecule has 1 aromatic rings. The van der Waals surface area contributed by atoms with Crippen LogP contribution >= 0.6 is 9.69 Å². The summed E-state index contributed by atoms with van der Waals surface area (Å²) in [6.45, 7) is 12.8. The molecule has 4 nitrogen and oxygen atoms in total. The number of hydrogen-bond donors (Lipinski definition) is 0. The molecule has 1 saturated carbocycles. The Morgan fingerprint density at radius 2 is 1.47 bits per heavy atom. The van der Waals surface area contributed by atoms with Crippen LogP contribution in [0.4, 0.5) is 0 Å². The number of halogens is 1. The molecule has 0 saturated heterocycles. The van der Waals surface area contributed by atoms with E-state index in [1.54, 1.807) is 0 Å². The SMILES string of the molecule is CC(C)c1cc(C(C)C)c(CS(=O)(=O)[N-]C2CCCCC2[NH-])c(C(C)C)c1.[CH3-].[Cl][Ru+3]. The molecule has 30 heavy (non-hydrogen) atoms. The molecule has 0 aromatic heterocycles. The number of hydrogen-bond acceptors (Lipinski definition) is 2. The minimum absolute atomic E-state index is 0. The third kappa shape index (κ3) is 8.50. The van der Waals surface area contributed by atoms with Crippen molar-refractivity contribution in [2.24, 2.45) is 0 Å². The van der Waals surface area contributed by atoms with Gasteiger partial charge in [0.2, 0.25) is 0 Å². The van der Waals surface area contributed by atoms with Crippen LogP contribution < -0.4 is 0 Å². The van der Waals surface area contributed by atoms with E-state index < -0.39 is 10.0 Å². The zero-order valence-corrected chi connectivity index (χ0v) is 22.8. The first kappa shape index (κ1) is 30.0. The quantitative estimate of drug-likeness (QED) is 0.260. The minimum atomic E-state index is -3.61. The first-order valence-corrected chi connectivity index (χ1v) is 14.3. The van der Waals surface area contributed by atoms with E-state index in [-0.39, 0.29) is 37.1 Å². The molecule has 0 radical (unpaired) electrons. The number of nitrogens with zero attached hydrogens (tertiary/aromatic N) is 1. The van der Waals surface area contributed by atoms with E-state index in [1.165, 1.54) is 5.56 Å². The topological polar surface area (TPSA) is 72.0 Å². The maximum atomic E-state index is 12.9. The Bertz CT molecular complexity index is 723. The molecule has 0 bridgehead atoms. The van der Waals surface area contributed by atoms with Gasteiger partial charge >= 0.3 is 27.0 Å². The Morgan fingerprint density at radius 3 is 1.87 bits per heavy atom. The van der Waals surface area contributed by atoms with Crippen LogP contribution in [0.25, 0.3) is 10.5 Å². The van der Waals surface area contributed by atoms with Gasteiger partial charge in [0, 0.05) is 0 Å². The molecule has 2 unspecified atom stereocenters. The van der Waals surface area contributed by atoms with Crippen LogP contribution in [0.2, 0.25) is 0 Å². The zero-order valence-electron chi connectivity index (χ0n) is 19.5. The summed E-state index contributed by atoms with van der Waals surface area (Å²) in [7, 11) is 0.962. The predicted molar refractivity (Wildman–Crippen MR) is 127 cm³/mol. The van der Waals surface area contributed by atoms with Crippen molar-refractivity contribution >= 4 is 19.7 Å². The Morgan fingerprint density at radius 1 is 1.00 bits per heavy atom. The molecule has 174 valence electrons. The summed E-state index contributed by atoms with van der Waals surface area (Å²) >= 11 is 1.82. The first-order chi connectivity index (χ1) is 13.5. The van der Waals surface area contributed by atoms with Crippen LogP contribution in [-0.4, -0.2) is 20.5 Å². The number of benzene rings is 1. The summed E-state index contributed by atoms with van der Waals surface area (Å²) in [5.41, 5.74) is 12.6. The average Bonchev–Trinajstić information content (AvgIpc) is 2.64. The van der Waals surface area contributed by atoms with Crippen LogP contribution in [0, 0.1) is 7.43 Å². The molecule has 1 fully saturated rings. The standard InChI is InChI=1S/C22H36N2O2S.CH3.ClH.Ru/c1-14(2)17-11-18(15(3)4)20(19(12-17)16(5)6)13-27(25,26)24-22-10-8-7-9-21(22)23;;;/h11-12,14-16,21-23H,7-10,13H2,1-6H3;1H3;1H;/q-2;-1;;+4/p-1. The molecule has 0 heterocycles. The second-order valence-corrected chi connectivity index (χ2v) is 10.6. The second kappa shape index (κ2) is 13.5. The Kier molecular flexibility index (Phi) is 13.5. The van der Waals surface area contributed by atoms with Crippen molar-refractivity contribution in [2.75, 3.05) is 0 Å². The monoisotopic (exact) mass is 544 g/mol. The molecule has 2 rings (SSSR count). The van der Waals surface area contributed by atoms with E-state index in [0.717, 1.165) is 36.0 Å². The van der Waals surface area contributed by atoms with Crippen molar-refractivity contribution in [1.82, 2.24) is 0 Å². The third-order valence-electron chi connectivity index (χ3n) is 5.60. The van der Waals surface area contributed by atoms with Gasteiger partial charge in [0.05, 0.1) is 15.8 Å². The van der Waals surface area contributed by atoms with Gasteiger partial charge in [0.1, 0.15) is 0 Å². The van der Waals surface area contributed by atoms with E-state index in [9.17, 15) is 8.42 Å². The van der Waals surface area contributed by atoms with Gasteiger partial charge in [-0.1, -0.05) is 79.4 Å². The van der Waals surface area contributed by atoms with Gasteiger partial charge in [-0.2, -0.15) is 6.04 Å². The first-order valence-electron chi connectivity index (χ1n) is 10.5. The maximum absolute atomic E-state index is 12.9. The molecule has 7 heteroatoms. The van der Waals surface area contributed by atoms with E-state index in [4.69, 9.17) is 5.73 Å². The van der Waals surface area contributed by atoms with Crippen molar-refractivity contribution in [1.29, 1.82) is 0 Å². The van der Waals surface area contributed by atoms with Crippen LogP contribution in [0.5, 0.6) is 0 Å². The summed E-state index contributed by atoms with van der Waals surface area (Å²) in [4.78, 5) is 0. The van der Waals surface area contributed by atoms with E-state index >= 15 is 0 Å². The molecule has 0 aliphatic heterocycles. The molecule has 1 N–H and O–H groups in total. The van der Waals surface area contributed by atoms with Crippen molar-refractivity contribution in [2.45, 2.75) is 103 Å². The second-order valence-electron chi connectivity index (χ2n) is 8.93. The summed E-state index contributed by atoms with van der Waals surface area (Å²) in [5.74, 6) is 0.868. The summed E-state index contributed by atoms with van der Waals surface area (Å²) in [5, 5.41) is 0. The molecular formula is C23H39ClN2O2RuS. The predicted octanol–water partition coefficient (Wildman–Crippen LogP) is 7.76. The molecule has 0 amide bonds. The normalized spacial score (nSPS) is 19.4. The Hall–Kier alpha value is 0.00338. The Balaban J connectivity index is 0.00000272. The van der Waals surface area contributed by atoms with Gasteiger partial charge in [-0.25, -0.2) is 8.42 Å². The molecule has 1 aromatic carbocycles. The van der Waals surface area contributed by atoms with Crippen LogP contribution in [0.15, 0.2) is 12.1 Å². The van der Waals surface area contributed by atoms with Crippen molar-refractivity contribution in [3.63, 3.8) is 0 Å². The molecule has 0 spiro atoms. The van der Waals surface area contributed by atoms with Gasteiger partial charge in [-0.3, -0.25) is 0 Å². The molecular weight excluding hydrogens is 505 g/mol. The van der Waals surface area contributed by atoms with Gasteiger partial charge in [-0.05, 0) is 40.0 Å². The number of sulfonamides is 1. The average molecular weight is 544 g/mol. The fraction of sp³-hybridized carbons (Fsp3) is 0.696.